The van der Waals surface area contributed by atoms with Crippen molar-refractivity contribution in [3.63, 3.8) is 0 Å². The van der Waals surface area contributed by atoms with Crippen LogP contribution in [0.15, 0.2) is 35.3 Å². The van der Waals surface area contributed by atoms with Gasteiger partial charge in [0.15, 0.2) is 4.73 Å². The molecule has 17 heavy (non-hydrogen) atoms. The number of aromatic nitrogens is 4. The van der Waals surface area contributed by atoms with Crippen molar-refractivity contribution in [2.45, 2.75) is 0 Å². The molecule has 0 saturated heterocycles. The zero-order valence-electron chi connectivity index (χ0n) is 8.48. The molecule has 0 spiro atoms. The summed E-state index contributed by atoms with van der Waals surface area (Å²) in [7, 11) is 0. The number of nitrogens with zero attached hydrogens (tertiary/aromatic N) is 3. The highest BCUT2D eigenvalue weighted by molar-refractivity contribution is 9.10. The van der Waals surface area contributed by atoms with Gasteiger partial charge in [-0.05, 0) is 22.0 Å². The molecular weight excluding hydrogens is 287 g/mol. The molecule has 0 saturated carbocycles. The van der Waals surface area contributed by atoms with Gasteiger partial charge in [0.1, 0.15) is 11.3 Å². The van der Waals surface area contributed by atoms with E-state index in [1.54, 1.807) is 24.5 Å². The molecule has 0 fully saturated rings. The van der Waals surface area contributed by atoms with Gasteiger partial charge in [0.2, 0.25) is 0 Å². The zero-order chi connectivity index (χ0) is 11.8. The molecule has 4 nitrogen and oxygen atoms in total. The van der Waals surface area contributed by atoms with Gasteiger partial charge in [-0.15, -0.1) is 0 Å². The lowest BCUT2D eigenvalue weighted by atomic mass is 10.1. The predicted molar refractivity (Wildman–Crippen MR) is 64.8 cm³/mol. The van der Waals surface area contributed by atoms with Crippen LogP contribution in [-0.2, 0) is 0 Å². The Morgan fingerprint density at radius 2 is 2.12 bits per heavy atom. The highest BCUT2D eigenvalue weighted by Crippen LogP contribution is 2.27. The van der Waals surface area contributed by atoms with Crippen LogP contribution in [0.4, 0.5) is 4.39 Å². The summed E-state index contributed by atoms with van der Waals surface area (Å²) in [6, 6.07) is 4.80. The quantitative estimate of drug-likeness (QED) is 0.702. The molecule has 6 heteroatoms. The second-order valence-electron chi connectivity index (χ2n) is 3.46. The summed E-state index contributed by atoms with van der Waals surface area (Å²) in [4.78, 5) is 8.31. The summed E-state index contributed by atoms with van der Waals surface area (Å²) >= 11 is 3.18. The molecule has 0 radical (unpaired) electrons. The Morgan fingerprint density at radius 3 is 2.88 bits per heavy atom. The molecule has 0 aliphatic rings. The SMILES string of the molecule is Fc1cccc2c(-c3cn[nH]c3)nc(Br)nc12. The number of fused-ring (bicyclic) bond motifs is 1. The molecule has 1 N–H and O–H groups in total. The van der Waals surface area contributed by atoms with Gasteiger partial charge < -0.3 is 0 Å². The van der Waals surface area contributed by atoms with Gasteiger partial charge in [0.05, 0.1) is 11.9 Å². The van der Waals surface area contributed by atoms with Gasteiger partial charge in [-0.2, -0.15) is 5.10 Å². The smallest absolute Gasteiger partial charge is 0.197 e. The summed E-state index contributed by atoms with van der Waals surface area (Å²) in [5.41, 5.74) is 1.74. The molecule has 1 aromatic carbocycles. The van der Waals surface area contributed by atoms with Crippen LogP contribution in [0.25, 0.3) is 22.2 Å². The van der Waals surface area contributed by atoms with Gasteiger partial charge >= 0.3 is 0 Å². The summed E-state index contributed by atoms with van der Waals surface area (Å²) in [6.45, 7) is 0. The number of aromatic amines is 1. The van der Waals surface area contributed by atoms with Crippen molar-refractivity contribution < 1.29 is 4.39 Å². The standard InChI is InChI=1S/C11H6BrFN4/c12-11-16-9(6-4-14-15-5-6)7-2-1-3-8(13)10(7)17-11/h1-5H,(H,14,15). The Balaban J connectivity index is 2.42. The summed E-state index contributed by atoms with van der Waals surface area (Å²) in [6.07, 6.45) is 3.35. The zero-order valence-corrected chi connectivity index (χ0v) is 10.1. The highest BCUT2D eigenvalue weighted by Gasteiger charge is 2.11. The van der Waals surface area contributed by atoms with Crippen molar-refractivity contribution in [2.24, 2.45) is 0 Å². The molecule has 0 aliphatic heterocycles. The molecule has 0 atom stereocenters. The highest BCUT2D eigenvalue weighted by atomic mass is 79.9. The van der Waals surface area contributed by atoms with Crippen LogP contribution in [0, 0.1) is 5.82 Å². The normalized spacial score (nSPS) is 10.9. The Labute approximate surface area is 104 Å². The topological polar surface area (TPSA) is 54.5 Å². The van der Waals surface area contributed by atoms with Crippen LogP contribution in [0.2, 0.25) is 0 Å². The van der Waals surface area contributed by atoms with Crippen molar-refractivity contribution in [1.29, 1.82) is 0 Å². The predicted octanol–water partition coefficient (Wildman–Crippen LogP) is 2.92. The van der Waals surface area contributed by atoms with Crippen LogP contribution in [-0.4, -0.2) is 20.2 Å². The van der Waals surface area contributed by atoms with E-state index in [0.29, 0.717) is 21.3 Å². The summed E-state index contributed by atoms with van der Waals surface area (Å²) in [5, 5.41) is 7.23. The summed E-state index contributed by atoms with van der Waals surface area (Å²) < 4.78 is 14.0. The second-order valence-corrected chi connectivity index (χ2v) is 4.17. The van der Waals surface area contributed by atoms with Crippen LogP contribution < -0.4 is 0 Å². The number of H-pyrrole nitrogens is 1. The van der Waals surface area contributed by atoms with Crippen molar-refractivity contribution >= 4 is 26.8 Å². The molecule has 3 aromatic rings. The fraction of sp³-hybridized carbons (Fsp3) is 0. The maximum atomic E-state index is 13.7. The molecule has 0 amide bonds. The lowest BCUT2D eigenvalue weighted by Crippen LogP contribution is -1.92. The number of nitrogens with one attached hydrogen (secondary N) is 1. The van der Waals surface area contributed by atoms with Crippen LogP contribution in [0.3, 0.4) is 0 Å². The van der Waals surface area contributed by atoms with E-state index in [-0.39, 0.29) is 5.82 Å². The lowest BCUT2D eigenvalue weighted by molar-refractivity contribution is 0.636. The first-order valence-electron chi connectivity index (χ1n) is 4.86. The summed E-state index contributed by atoms with van der Waals surface area (Å²) in [5.74, 6) is -0.365. The Kier molecular flexibility index (Phi) is 2.36. The van der Waals surface area contributed by atoms with Gasteiger partial charge in [-0.3, -0.25) is 5.10 Å². The third kappa shape index (κ3) is 1.70. The van der Waals surface area contributed by atoms with Gasteiger partial charge in [0.25, 0.3) is 0 Å². The van der Waals surface area contributed by atoms with Crippen molar-refractivity contribution in [3.8, 4) is 11.3 Å². The van der Waals surface area contributed by atoms with Crippen LogP contribution in [0.1, 0.15) is 0 Å². The lowest BCUT2D eigenvalue weighted by Gasteiger charge is -2.04. The van der Waals surface area contributed by atoms with E-state index in [1.807, 2.05) is 0 Å². The first-order chi connectivity index (χ1) is 8.25. The molecule has 2 heterocycles. The fourth-order valence-electron chi connectivity index (χ4n) is 1.69. The number of para-hydroxylation sites is 1. The maximum absolute atomic E-state index is 13.7. The molecule has 0 bridgehead atoms. The van der Waals surface area contributed by atoms with E-state index < -0.39 is 0 Å². The Bertz CT molecular complexity index is 681. The van der Waals surface area contributed by atoms with Crippen molar-refractivity contribution in [3.05, 3.63) is 41.1 Å². The Hall–Kier alpha value is -1.82. The van der Waals surface area contributed by atoms with Crippen molar-refractivity contribution in [2.75, 3.05) is 0 Å². The first-order valence-corrected chi connectivity index (χ1v) is 5.66. The minimum Gasteiger partial charge on any atom is -0.285 e. The number of benzene rings is 1. The van der Waals surface area contributed by atoms with Gasteiger partial charge in [-0.25, -0.2) is 14.4 Å². The molecule has 3 rings (SSSR count). The van der Waals surface area contributed by atoms with E-state index in [0.717, 1.165) is 5.56 Å². The number of hydrogen-bond donors (Lipinski definition) is 1. The van der Waals surface area contributed by atoms with E-state index in [1.165, 1.54) is 6.07 Å². The van der Waals surface area contributed by atoms with E-state index in [2.05, 4.69) is 36.1 Å². The van der Waals surface area contributed by atoms with Gasteiger partial charge in [-0.1, -0.05) is 12.1 Å². The second kappa shape index (κ2) is 3.89. The average Bonchev–Trinajstić information content (AvgIpc) is 2.83. The molecular formula is C11H6BrFN4. The molecule has 0 aliphatic carbocycles. The fourth-order valence-corrected chi connectivity index (χ4v) is 2.04. The minimum absolute atomic E-state index is 0.297. The maximum Gasteiger partial charge on any atom is 0.197 e. The van der Waals surface area contributed by atoms with E-state index >= 15 is 0 Å². The monoisotopic (exact) mass is 292 g/mol. The van der Waals surface area contributed by atoms with Gasteiger partial charge in [0, 0.05) is 17.1 Å². The van der Waals surface area contributed by atoms with E-state index in [4.69, 9.17) is 0 Å². The molecule has 84 valence electrons. The van der Waals surface area contributed by atoms with Crippen molar-refractivity contribution in [1.82, 2.24) is 20.2 Å². The Morgan fingerprint density at radius 1 is 1.24 bits per heavy atom. The third-order valence-corrected chi connectivity index (χ3v) is 2.78. The third-order valence-electron chi connectivity index (χ3n) is 2.42. The van der Waals surface area contributed by atoms with E-state index in [9.17, 15) is 4.39 Å². The van der Waals surface area contributed by atoms with Crippen LogP contribution >= 0.6 is 15.9 Å². The minimum atomic E-state index is -0.365. The number of rotatable bonds is 1. The molecule has 2 aromatic heterocycles. The largest absolute Gasteiger partial charge is 0.285 e. The first kappa shape index (κ1) is 10.3. The number of hydrogen-bond acceptors (Lipinski definition) is 3. The van der Waals surface area contributed by atoms with Crippen LogP contribution in [0.5, 0.6) is 0 Å². The molecule has 0 unspecified atom stereocenters. The average molecular weight is 293 g/mol. The number of halogens is 2.